The van der Waals surface area contributed by atoms with E-state index in [0.717, 1.165) is 42.5 Å². The summed E-state index contributed by atoms with van der Waals surface area (Å²) >= 11 is 1.43. The van der Waals surface area contributed by atoms with Gasteiger partial charge in [0.25, 0.3) is 0 Å². The fourth-order valence-corrected chi connectivity index (χ4v) is 5.50. The van der Waals surface area contributed by atoms with Crippen LogP contribution in [-0.2, 0) is 27.2 Å². The van der Waals surface area contributed by atoms with E-state index < -0.39 is 23.8 Å². The molecule has 2 aliphatic carbocycles. The second kappa shape index (κ2) is 7.78. The molecule has 1 aromatic rings. The van der Waals surface area contributed by atoms with E-state index >= 15 is 0 Å². The lowest BCUT2D eigenvalue weighted by atomic mass is 9.78. The Morgan fingerprint density at radius 3 is 2.50 bits per heavy atom. The van der Waals surface area contributed by atoms with E-state index in [1.54, 1.807) is 0 Å². The van der Waals surface area contributed by atoms with Gasteiger partial charge in [0.05, 0.1) is 24.5 Å². The highest BCUT2D eigenvalue weighted by molar-refractivity contribution is 7.17. The second-order valence-corrected chi connectivity index (χ2v) is 8.48. The minimum Gasteiger partial charge on any atom is -0.481 e. The molecule has 26 heavy (non-hydrogen) atoms. The van der Waals surface area contributed by atoms with Crippen LogP contribution in [0.25, 0.3) is 0 Å². The third kappa shape index (κ3) is 3.63. The minimum absolute atomic E-state index is 0.297. The molecular formula is C19H25NO5S. The van der Waals surface area contributed by atoms with E-state index in [1.165, 1.54) is 18.4 Å². The fourth-order valence-electron chi connectivity index (χ4n) is 4.10. The number of hydrogen-bond donors (Lipinski definition) is 2. The molecule has 1 saturated carbocycles. The number of methoxy groups -OCH3 is 1. The first-order valence-corrected chi connectivity index (χ1v) is 10.0. The van der Waals surface area contributed by atoms with Crippen LogP contribution in [-0.4, -0.2) is 30.1 Å². The van der Waals surface area contributed by atoms with Crippen molar-refractivity contribution in [1.29, 1.82) is 0 Å². The first kappa shape index (κ1) is 18.9. The summed E-state index contributed by atoms with van der Waals surface area (Å²) in [6.45, 7) is 2.18. The summed E-state index contributed by atoms with van der Waals surface area (Å²) < 4.78 is 4.94. The number of carboxylic acids is 1. The fraction of sp³-hybridized carbons (Fsp3) is 0.632. The van der Waals surface area contributed by atoms with Gasteiger partial charge in [-0.2, -0.15) is 0 Å². The van der Waals surface area contributed by atoms with Gasteiger partial charge in [-0.05, 0) is 43.6 Å². The normalized spacial score (nSPS) is 25.2. The second-order valence-electron chi connectivity index (χ2n) is 7.37. The smallest absolute Gasteiger partial charge is 0.341 e. The Morgan fingerprint density at radius 2 is 1.85 bits per heavy atom. The molecule has 142 valence electrons. The molecule has 6 nitrogen and oxygen atoms in total. The van der Waals surface area contributed by atoms with Gasteiger partial charge in [-0.1, -0.05) is 19.8 Å². The van der Waals surface area contributed by atoms with Gasteiger partial charge in [0, 0.05) is 4.88 Å². The van der Waals surface area contributed by atoms with Gasteiger partial charge in [-0.3, -0.25) is 9.59 Å². The molecule has 0 aromatic carbocycles. The van der Waals surface area contributed by atoms with Gasteiger partial charge in [0.15, 0.2) is 0 Å². The molecule has 0 bridgehead atoms. The maximum atomic E-state index is 12.8. The highest BCUT2D eigenvalue weighted by atomic mass is 32.1. The Balaban J connectivity index is 1.88. The molecule has 1 aromatic heterocycles. The van der Waals surface area contributed by atoms with Crippen LogP contribution < -0.4 is 5.32 Å². The lowest BCUT2D eigenvalue weighted by molar-refractivity contribution is -0.147. The minimum atomic E-state index is -0.919. The van der Waals surface area contributed by atoms with Crippen LogP contribution in [0.1, 0.15) is 59.8 Å². The number of nitrogens with one attached hydrogen (secondary N) is 1. The maximum absolute atomic E-state index is 12.8. The van der Waals surface area contributed by atoms with Crippen molar-refractivity contribution < 1.29 is 24.2 Å². The van der Waals surface area contributed by atoms with E-state index in [1.807, 2.05) is 0 Å². The summed E-state index contributed by atoms with van der Waals surface area (Å²) in [5.74, 6) is -2.31. The van der Waals surface area contributed by atoms with Gasteiger partial charge < -0.3 is 15.2 Å². The van der Waals surface area contributed by atoms with Gasteiger partial charge in [0.1, 0.15) is 5.00 Å². The van der Waals surface area contributed by atoms with Gasteiger partial charge in [-0.25, -0.2) is 4.79 Å². The molecule has 2 N–H and O–H groups in total. The summed E-state index contributed by atoms with van der Waals surface area (Å²) in [7, 11) is 1.34. The van der Waals surface area contributed by atoms with Crippen LogP contribution in [0.2, 0.25) is 0 Å². The molecule has 1 amide bonds. The standard InChI is InChI=1S/C19H25NO5S/c1-10-7-8-13-14(9-10)26-17(15(13)19(24)25-2)20-16(21)11-5-3-4-6-12(11)18(22)23/h10-12H,3-9H2,1-2H3,(H,20,21)(H,22,23). The Hall–Kier alpha value is -1.89. The number of anilines is 1. The van der Waals surface area contributed by atoms with E-state index in [4.69, 9.17) is 4.74 Å². The van der Waals surface area contributed by atoms with Gasteiger partial charge in [-0.15, -0.1) is 11.3 Å². The van der Waals surface area contributed by atoms with Crippen molar-refractivity contribution in [2.45, 2.75) is 51.9 Å². The van der Waals surface area contributed by atoms with E-state index in [-0.39, 0.29) is 5.91 Å². The topological polar surface area (TPSA) is 92.7 Å². The first-order chi connectivity index (χ1) is 12.4. The lowest BCUT2D eigenvalue weighted by Crippen LogP contribution is -2.36. The molecule has 1 fully saturated rings. The first-order valence-electron chi connectivity index (χ1n) is 9.18. The molecule has 2 aliphatic rings. The maximum Gasteiger partial charge on any atom is 0.341 e. The quantitative estimate of drug-likeness (QED) is 0.781. The third-order valence-electron chi connectivity index (χ3n) is 5.56. The van der Waals surface area contributed by atoms with Crippen molar-refractivity contribution in [2.75, 3.05) is 12.4 Å². The van der Waals surface area contributed by atoms with Gasteiger partial charge >= 0.3 is 11.9 Å². The zero-order valence-electron chi connectivity index (χ0n) is 15.2. The Morgan fingerprint density at radius 1 is 1.15 bits per heavy atom. The van der Waals surface area contributed by atoms with E-state index in [9.17, 15) is 19.5 Å². The summed E-state index contributed by atoms with van der Waals surface area (Å²) in [5.41, 5.74) is 1.43. The number of carboxylic acid groups (broad SMARTS) is 1. The number of carbonyl (C=O) groups is 3. The summed E-state index contributed by atoms with van der Waals surface area (Å²) in [5, 5.41) is 12.8. The average Bonchev–Trinajstić information content (AvgIpc) is 2.97. The number of hydrogen-bond acceptors (Lipinski definition) is 5. The number of rotatable bonds is 4. The van der Waals surface area contributed by atoms with Crippen LogP contribution >= 0.6 is 11.3 Å². The van der Waals surface area contributed by atoms with Crippen molar-refractivity contribution in [2.24, 2.45) is 17.8 Å². The number of amides is 1. The highest BCUT2D eigenvalue weighted by Gasteiger charge is 2.37. The largest absolute Gasteiger partial charge is 0.481 e. The number of carbonyl (C=O) groups excluding carboxylic acids is 2. The molecule has 7 heteroatoms. The number of esters is 1. The van der Waals surface area contributed by atoms with E-state index in [2.05, 4.69) is 12.2 Å². The summed E-state index contributed by atoms with van der Waals surface area (Å²) in [6.07, 6.45) is 5.47. The van der Waals surface area contributed by atoms with Crippen LogP contribution in [0.5, 0.6) is 0 Å². The molecule has 3 atom stereocenters. The number of thiophene rings is 1. The van der Waals surface area contributed by atoms with Crippen molar-refractivity contribution in [3.8, 4) is 0 Å². The molecule has 0 aliphatic heterocycles. The Labute approximate surface area is 156 Å². The average molecular weight is 379 g/mol. The van der Waals surface area contributed by atoms with Crippen molar-refractivity contribution in [3.63, 3.8) is 0 Å². The molecule has 0 saturated heterocycles. The third-order valence-corrected chi connectivity index (χ3v) is 6.73. The monoisotopic (exact) mass is 379 g/mol. The molecule has 1 heterocycles. The van der Waals surface area contributed by atoms with E-state index in [0.29, 0.717) is 29.3 Å². The molecular weight excluding hydrogens is 354 g/mol. The zero-order chi connectivity index (χ0) is 18.8. The predicted octanol–water partition coefficient (Wildman–Crippen LogP) is 3.49. The van der Waals surface area contributed by atoms with Gasteiger partial charge in [0.2, 0.25) is 5.91 Å². The summed E-state index contributed by atoms with van der Waals surface area (Å²) in [4.78, 5) is 37.7. The molecule has 0 spiro atoms. The highest BCUT2D eigenvalue weighted by Crippen LogP contribution is 2.41. The van der Waals surface area contributed by atoms with Crippen molar-refractivity contribution in [1.82, 2.24) is 0 Å². The zero-order valence-corrected chi connectivity index (χ0v) is 16.0. The number of ether oxygens (including phenoxy) is 1. The predicted molar refractivity (Wildman–Crippen MR) is 98.6 cm³/mol. The van der Waals surface area contributed by atoms with Crippen molar-refractivity contribution >= 4 is 34.2 Å². The summed E-state index contributed by atoms with van der Waals surface area (Å²) in [6, 6.07) is 0. The van der Waals surface area contributed by atoms with Crippen LogP contribution in [0.4, 0.5) is 5.00 Å². The molecule has 0 radical (unpaired) electrons. The number of fused-ring (bicyclic) bond motifs is 1. The Bertz CT molecular complexity index is 726. The Kier molecular flexibility index (Phi) is 5.65. The molecule has 3 unspecified atom stereocenters. The SMILES string of the molecule is COC(=O)c1c(NC(=O)C2CCCCC2C(=O)O)sc2c1CCC(C)C2. The van der Waals surface area contributed by atoms with Crippen LogP contribution in [0.15, 0.2) is 0 Å². The lowest BCUT2D eigenvalue weighted by Gasteiger charge is -2.27. The van der Waals surface area contributed by atoms with Crippen LogP contribution in [0.3, 0.4) is 0 Å². The number of aliphatic carboxylic acids is 1. The van der Waals surface area contributed by atoms with Crippen LogP contribution in [0, 0.1) is 17.8 Å². The van der Waals surface area contributed by atoms with Crippen molar-refractivity contribution in [3.05, 3.63) is 16.0 Å². The molecule has 3 rings (SSSR count).